The molecular weight excluding hydrogens is 312 g/mol. The van der Waals surface area contributed by atoms with E-state index in [2.05, 4.69) is 34.6 Å². The fourth-order valence-corrected chi connectivity index (χ4v) is 5.77. The Morgan fingerprint density at radius 2 is 1.96 bits per heavy atom. The molecule has 0 aromatic heterocycles. The van der Waals surface area contributed by atoms with Crippen LogP contribution in [0.1, 0.15) is 80.1 Å². The van der Waals surface area contributed by atoms with Gasteiger partial charge in [-0.15, -0.1) is 0 Å². The fraction of sp³-hybridized carbons (Fsp3) is 0.773. The number of allylic oxidation sites excluding steroid dienone is 2. The Hall–Kier alpha value is -1.09. The summed E-state index contributed by atoms with van der Waals surface area (Å²) in [7, 11) is 0. The number of hydrogen-bond donors (Lipinski definition) is 1. The topological polar surface area (TPSA) is 46.5 Å². The van der Waals surface area contributed by atoms with E-state index in [4.69, 9.17) is 9.84 Å². The van der Waals surface area contributed by atoms with Gasteiger partial charge in [-0.1, -0.05) is 50.0 Å². The van der Waals surface area contributed by atoms with Gasteiger partial charge in [0.2, 0.25) is 0 Å². The second-order valence-electron chi connectivity index (χ2n) is 9.08. The van der Waals surface area contributed by atoms with Gasteiger partial charge in [0.15, 0.2) is 0 Å². The zero-order valence-electron chi connectivity index (χ0n) is 16.9. The third kappa shape index (κ3) is 4.19. The van der Waals surface area contributed by atoms with Crippen LogP contribution in [-0.2, 0) is 9.53 Å². The number of carbonyl (C=O) groups is 1. The van der Waals surface area contributed by atoms with Crippen molar-refractivity contribution in [2.75, 3.05) is 6.61 Å². The van der Waals surface area contributed by atoms with Gasteiger partial charge in [-0.3, -0.25) is 4.79 Å². The summed E-state index contributed by atoms with van der Waals surface area (Å²) >= 11 is 0. The smallest absolute Gasteiger partial charge is 0.302 e. The van der Waals surface area contributed by atoms with E-state index in [0.29, 0.717) is 5.92 Å². The van der Waals surface area contributed by atoms with Crippen molar-refractivity contribution in [3.05, 3.63) is 22.8 Å². The minimum atomic E-state index is -0.160. The van der Waals surface area contributed by atoms with Crippen LogP contribution in [0.4, 0.5) is 0 Å². The highest BCUT2D eigenvalue weighted by Crippen LogP contribution is 2.61. The van der Waals surface area contributed by atoms with Crippen molar-refractivity contribution in [1.82, 2.24) is 0 Å². The largest absolute Gasteiger partial charge is 0.462 e. The number of aliphatic hydroxyl groups is 1. The standard InChI is InChI=1S/C22H36O3/c1-15(10-13-23)8-9-18-16(2)14-19(25-17(3)24)20-21(4,5)11-7-12-22(18,20)6/h10,19-20,23H,7-9,11-14H2,1-6H3/b15-10-/t19-,20?,22-/m1/s1. The molecule has 3 nitrogen and oxygen atoms in total. The first-order valence-electron chi connectivity index (χ1n) is 9.74. The Balaban J connectivity index is 2.38. The lowest BCUT2D eigenvalue weighted by atomic mass is 9.49. The van der Waals surface area contributed by atoms with Gasteiger partial charge in [0, 0.05) is 19.3 Å². The molecular formula is C22H36O3. The van der Waals surface area contributed by atoms with E-state index in [9.17, 15) is 4.79 Å². The first-order valence-corrected chi connectivity index (χ1v) is 9.74. The van der Waals surface area contributed by atoms with E-state index in [1.54, 1.807) is 5.57 Å². The lowest BCUT2D eigenvalue weighted by Gasteiger charge is -2.57. The van der Waals surface area contributed by atoms with Gasteiger partial charge in [-0.2, -0.15) is 0 Å². The molecule has 142 valence electrons. The molecule has 0 aromatic carbocycles. The number of carbonyl (C=O) groups excluding carboxylic acids is 1. The number of fused-ring (bicyclic) bond motifs is 1. The van der Waals surface area contributed by atoms with Crippen LogP contribution in [0.3, 0.4) is 0 Å². The number of esters is 1. The molecule has 3 heteroatoms. The summed E-state index contributed by atoms with van der Waals surface area (Å²) in [4.78, 5) is 11.7. The molecule has 3 atom stereocenters. The molecule has 0 amide bonds. The number of aliphatic hydroxyl groups excluding tert-OH is 1. The third-order valence-corrected chi connectivity index (χ3v) is 6.66. The van der Waals surface area contributed by atoms with Crippen molar-refractivity contribution >= 4 is 5.97 Å². The average Bonchev–Trinajstić information content (AvgIpc) is 2.44. The van der Waals surface area contributed by atoms with Crippen molar-refractivity contribution in [3.8, 4) is 0 Å². The molecule has 0 spiro atoms. The average molecular weight is 349 g/mol. The monoisotopic (exact) mass is 348 g/mol. The molecule has 0 radical (unpaired) electrons. The van der Waals surface area contributed by atoms with Gasteiger partial charge >= 0.3 is 5.97 Å². The summed E-state index contributed by atoms with van der Waals surface area (Å²) in [6, 6.07) is 0. The highest BCUT2D eigenvalue weighted by Gasteiger charge is 2.55. The highest BCUT2D eigenvalue weighted by atomic mass is 16.5. The number of hydrogen-bond acceptors (Lipinski definition) is 3. The van der Waals surface area contributed by atoms with Crippen LogP contribution in [0.5, 0.6) is 0 Å². The molecule has 2 aliphatic carbocycles. The lowest BCUT2D eigenvalue weighted by molar-refractivity contribution is -0.160. The minimum Gasteiger partial charge on any atom is -0.462 e. The predicted octanol–water partition coefficient (Wildman–Crippen LogP) is 5.19. The van der Waals surface area contributed by atoms with Crippen molar-refractivity contribution in [2.45, 2.75) is 86.2 Å². The van der Waals surface area contributed by atoms with Crippen LogP contribution >= 0.6 is 0 Å². The summed E-state index contributed by atoms with van der Waals surface area (Å²) < 4.78 is 5.83. The summed E-state index contributed by atoms with van der Waals surface area (Å²) in [5, 5.41) is 9.11. The van der Waals surface area contributed by atoms with Crippen molar-refractivity contribution in [2.24, 2.45) is 16.7 Å². The maximum Gasteiger partial charge on any atom is 0.302 e. The number of ether oxygens (including phenoxy) is 1. The Labute approximate surface area is 153 Å². The Bertz CT molecular complexity index is 570. The SMILES string of the molecule is CC(=O)O[C@@H]1CC(C)=C(CC/C(C)=C\CO)[C@@]2(C)CCCC(C)(C)C12. The molecule has 2 rings (SSSR count). The molecule has 1 fully saturated rings. The molecule has 0 heterocycles. The maximum absolute atomic E-state index is 11.7. The van der Waals surface area contributed by atoms with Crippen LogP contribution in [-0.4, -0.2) is 23.8 Å². The van der Waals surface area contributed by atoms with Crippen LogP contribution in [0.25, 0.3) is 0 Å². The van der Waals surface area contributed by atoms with Gasteiger partial charge in [0.1, 0.15) is 6.10 Å². The third-order valence-electron chi connectivity index (χ3n) is 6.66. The quantitative estimate of drug-likeness (QED) is 0.549. The van der Waals surface area contributed by atoms with E-state index in [1.165, 1.54) is 37.3 Å². The normalized spacial score (nSPS) is 32.4. The van der Waals surface area contributed by atoms with E-state index in [0.717, 1.165) is 19.3 Å². The van der Waals surface area contributed by atoms with Crippen molar-refractivity contribution in [3.63, 3.8) is 0 Å². The molecule has 1 N–H and O–H groups in total. The van der Waals surface area contributed by atoms with Gasteiger partial charge in [0.05, 0.1) is 6.61 Å². The summed E-state index contributed by atoms with van der Waals surface area (Å²) in [6.07, 6.45) is 8.41. The van der Waals surface area contributed by atoms with Gasteiger partial charge < -0.3 is 9.84 Å². The minimum absolute atomic E-state index is 0.00405. The van der Waals surface area contributed by atoms with E-state index in [1.807, 2.05) is 6.08 Å². The van der Waals surface area contributed by atoms with Gasteiger partial charge in [0.25, 0.3) is 0 Å². The van der Waals surface area contributed by atoms with E-state index in [-0.39, 0.29) is 29.5 Å². The molecule has 1 saturated carbocycles. The molecule has 0 aromatic rings. The van der Waals surface area contributed by atoms with Crippen molar-refractivity contribution < 1.29 is 14.6 Å². The lowest BCUT2D eigenvalue weighted by Crippen LogP contribution is -2.53. The van der Waals surface area contributed by atoms with Gasteiger partial charge in [-0.05, 0) is 50.4 Å². The van der Waals surface area contributed by atoms with Crippen LogP contribution in [0.15, 0.2) is 22.8 Å². The first-order chi connectivity index (χ1) is 11.6. The predicted molar refractivity (Wildman–Crippen MR) is 102 cm³/mol. The Kier molecular flexibility index (Phi) is 6.19. The van der Waals surface area contributed by atoms with Crippen LogP contribution in [0.2, 0.25) is 0 Å². The van der Waals surface area contributed by atoms with Gasteiger partial charge in [-0.25, -0.2) is 0 Å². The zero-order chi connectivity index (χ0) is 18.8. The molecule has 2 aliphatic rings. The Morgan fingerprint density at radius 3 is 2.56 bits per heavy atom. The van der Waals surface area contributed by atoms with Crippen LogP contribution in [0, 0.1) is 16.7 Å². The summed E-state index contributed by atoms with van der Waals surface area (Å²) in [5.74, 6) is 0.213. The molecule has 25 heavy (non-hydrogen) atoms. The molecule has 0 aliphatic heterocycles. The fourth-order valence-electron chi connectivity index (χ4n) is 5.77. The summed E-state index contributed by atoms with van der Waals surface area (Å²) in [6.45, 7) is 13.1. The second kappa shape index (κ2) is 7.65. The number of rotatable bonds is 5. The second-order valence-corrected chi connectivity index (χ2v) is 9.08. The van der Waals surface area contributed by atoms with Crippen LogP contribution < -0.4 is 0 Å². The van der Waals surface area contributed by atoms with E-state index < -0.39 is 0 Å². The molecule has 1 unspecified atom stereocenters. The zero-order valence-corrected chi connectivity index (χ0v) is 16.9. The first kappa shape index (κ1) is 20.2. The van der Waals surface area contributed by atoms with E-state index >= 15 is 0 Å². The summed E-state index contributed by atoms with van der Waals surface area (Å²) in [5.41, 5.74) is 4.50. The highest BCUT2D eigenvalue weighted by molar-refractivity contribution is 5.66. The molecule has 0 saturated heterocycles. The Morgan fingerprint density at radius 1 is 1.28 bits per heavy atom. The van der Waals surface area contributed by atoms with Crippen molar-refractivity contribution in [1.29, 1.82) is 0 Å². The molecule has 0 bridgehead atoms. The maximum atomic E-state index is 11.7.